The van der Waals surface area contributed by atoms with Gasteiger partial charge in [-0.25, -0.2) is 4.98 Å². The number of aliphatic carboxylic acids is 1. The number of rotatable bonds is 5. The van der Waals surface area contributed by atoms with Crippen LogP contribution in [0.5, 0.6) is 0 Å². The molecule has 1 atom stereocenters. The molecule has 0 aliphatic carbocycles. The molecule has 2 aromatic heterocycles. The number of hydrogen-bond acceptors (Lipinski definition) is 2. The van der Waals surface area contributed by atoms with E-state index in [-0.39, 0.29) is 0 Å². The van der Waals surface area contributed by atoms with Gasteiger partial charge in [0.2, 0.25) is 0 Å². The molecule has 4 aromatic rings. The van der Waals surface area contributed by atoms with E-state index in [9.17, 15) is 9.90 Å². The number of fused-ring (bicyclic) bond motifs is 1. The SMILES string of the molecule is Cc1ccc(-c2nc3ccc(C)cn3c2C(Cc2ccccc2)C(=O)O)cc1. The summed E-state index contributed by atoms with van der Waals surface area (Å²) in [6, 6.07) is 21.8. The number of aromatic nitrogens is 2. The maximum Gasteiger partial charge on any atom is 0.312 e. The molecule has 0 saturated heterocycles. The Morgan fingerprint density at radius 1 is 0.964 bits per heavy atom. The average Bonchev–Trinajstić information content (AvgIpc) is 3.05. The van der Waals surface area contributed by atoms with E-state index >= 15 is 0 Å². The van der Waals surface area contributed by atoms with Crippen LogP contribution in [0, 0.1) is 13.8 Å². The van der Waals surface area contributed by atoms with Crippen LogP contribution in [-0.4, -0.2) is 20.5 Å². The van der Waals surface area contributed by atoms with Gasteiger partial charge in [0, 0.05) is 11.8 Å². The monoisotopic (exact) mass is 370 g/mol. The summed E-state index contributed by atoms with van der Waals surface area (Å²) in [5, 5.41) is 10.1. The molecule has 0 bridgehead atoms. The molecule has 28 heavy (non-hydrogen) atoms. The van der Waals surface area contributed by atoms with E-state index in [1.807, 2.05) is 91.2 Å². The second kappa shape index (κ2) is 7.31. The van der Waals surface area contributed by atoms with Gasteiger partial charge in [0.25, 0.3) is 0 Å². The van der Waals surface area contributed by atoms with E-state index < -0.39 is 11.9 Å². The van der Waals surface area contributed by atoms with E-state index in [1.165, 1.54) is 0 Å². The highest BCUT2D eigenvalue weighted by Gasteiger charge is 2.28. The molecule has 140 valence electrons. The van der Waals surface area contributed by atoms with Gasteiger partial charge in [-0.1, -0.05) is 66.2 Å². The van der Waals surface area contributed by atoms with Crippen molar-refractivity contribution < 1.29 is 9.90 Å². The molecule has 0 aliphatic heterocycles. The van der Waals surface area contributed by atoms with Gasteiger partial charge in [0.05, 0.1) is 11.4 Å². The number of pyridine rings is 1. The Labute approximate surface area is 164 Å². The fourth-order valence-corrected chi connectivity index (χ4v) is 3.58. The Morgan fingerprint density at radius 3 is 2.32 bits per heavy atom. The van der Waals surface area contributed by atoms with Gasteiger partial charge in [0.1, 0.15) is 11.6 Å². The molecule has 4 rings (SSSR count). The Hall–Kier alpha value is -3.40. The minimum atomic E-state index is -0.847. The molecule has 0 aliphatic rings. The van der Waals surface area contributed by atoms with Crippen LogP contribution in [0.2, 0.25) is 0 Å². The third-order valence-electron chi connectivity index (χ3n) is 5.04. The molecule has 0 fully saturated rings. The summed E-state index contributed by atoms with van der Waals surface area (Å²) < 4.78 is 1.94. The maximum absolute atomic E-state index is 12.3. The van der Waals surface area contributed by atoms with Gasteiger partial charge in [0.15, 0.2) is 0 Å². The van der Waals surface area contributed by atoms with Crippen LogP contribution in [0.1, 0.15) is 28.3 Å². The molecule has 1 unspecified atom stereocenters. The lowest BCUT2D eigenvalue weighted by molar-refractivity contribution is -0.138. The molecular weight excluding hydrogens is 348 g/mol. The second-order valence-corrected chi connectivity index (χ2v) is 7.23. The van der Waals surface area contributed by atoms with Crippen LogP contribution >= 0.6 is 0 Å². The van der Waals surface area contributed by atoms with Crippen molar-refractivity contribution in [3.63, 3.8) is 0 Å². The zero-order chi connectivity index (χ0) is 19.7. The summed E-state index contributed by atoms with van der Waals surface area (Å²) in [6.07, 6.45) is 2.38. The van der Waals surface area contributed by atoms with E-state index in [2.05, 4.69) is 0 Å². The molecule has 0 radical (unpaired) electrons. The van der Waals surface area contributed by atoms with Crippen LogP contribution in [0.4, 0.5) is 0 Å². The van der Waals surface area contributed by atoms with Crippen LogP contribution in [-0.2, 0) is 11.2 Å². The quantitative estimate of drug-likeness (QED) is 0.536. The second-order valence-electron chi connectivity index (χ2n) is 7.23. The number of carboxylic acids is 1. The molecule has 1 N–H and O–H groups in total. The predicted molar refractivity (Wildman–Crippen MR) is 111 cm³/mol. The van der Waals surface area contributed by atoms with Crippen LogP contribution in [0.3, 0.4) is 0 Å². The van der Waals surface area contributed by atoms with Gasteiger partial charge < -0.3 is 9.51 Å². The topological polar surface area (TPSA) is 54.6 Å². The normalized spacial score (nSPS) is 12.2. The first kappa shape index (κ1) is 18.0. The minimum Gasteiger partial charge on any atom is -0.481 e. The van der Waals surface area contributed by atoms with Crippen molar-refractivity contribution in [2.45, 2.75) is 26.2 Å². The molecule has 4 nitrogen and oxygen atoms in total. The molecule has 0 amide bonds. The minimum absolute atomic E-state index is 0.413. The number of imidazole rings is 1. The van der Waals surface area contributed by atoms with E-state index in [0.717, 1.165) is 39.3 Å². The Balaban J connectivity index is 1.93. The lowest BCUT2D eigenvalue weighted by Gasteiger charge is -2.15. The van der Waals surface area contributed by atoms with Gasteiger partial charge in [-0.2, -0.15) is 0 Å². The van der Waals surface area contributed by atoms with Crippen LogP contribution in [0.25, 0.3) is 16.9 Å². The maximum atomic E-state index is 12.3. The molecule has 2 aromatic carbocycles. The Bertz CT molecular complexity index is 1130. The summed E-state index contributed by atoms with van der Waals surface area (Å²) in [6.45, 7) is 4.04. The fourth-order valence-electron chi connectivity index (χ4n) is 3.58. The number of carboxylic acid groups (broad SMARTS) is 1. The molecule has 2 heterocycles. The third-order valence-corrected chi connectivity index (χ3v) is 5.04. The molecule has 0 saturated carbocycles. The summed E-state index contributed by atoms with van der Waals surface area (Å²) in [5.74, 6) is -1.55. The van der Waals surface area contributed by atoms with Crippen molar-refractivity contribution in [3.8, 4) is 11.3 Å². The number of hydrogen-bond donors (Lipinski definition) is 1. The lowest BCUT2D eigenvalue weighted by atomic mass is 9.93. The standard InChI is InChI=1S/C24H22N2O2/c1-16-8-11-19(12-9-16)22-23(26-15-17(2)10-13-21(26)25-22)20(24(27)28)14-18-6-4-3-5-7-18/h3-13,15,20H,14H2,1-2H3,(H,27,28). The van der Waals surface area contributed by atoms with Gasteiger partial charge >= 0.3 is 5.97 Å². The van der Waals surface area contributed by atoms with Gasteiger partial charge in [-0.15, -0.1) is 0 Å². The summed E-state index contributed by atoms with van der Waals surface area (Å²) in [7, 11) is 0. The summed E-state index contributed by atoms with van der Waals surface area (Å²) in [5.41, 5.74) is 6.35. The average molecular weight is 370 g/mol. The lowest BCUT2D eigenvalue weighted by Crippen LogP contribution is -2.17. The van der Waals surface area contributed by atoms with E-state index in [4.69, 9.17) is 4.98 Å². The fraction of sp³-hybridized carbons (Fsp3) is 0.167. The zero-order valence-corrected chi connectivity index (χ0v) is 16.0. The van der Waals surface area contributed by atoms with Crippen molar-refractivity contribution in [2.24, 2.45) is 0 Å². The highest BCUT2D eigenvalue weighted by molar-refractivity contribution is 5.81. The molecule has 4 heteroatoms. The highest BCUT2D eigenvalue weighted by atomic mass is 16.4. The first-order valence-electron chi connectivity index (χ1n) is 9.35. The molecule has 0 spiro atoms. The number of nitrogens with zero attached hydrogens (tertiary/aromatic N) is 2. The van der Waals surface area contributed by atoms with Crippen LogP contribution in [0.15, 0.2) is 72.9 Å². The first-order chi connectivity index (χ1) is 13.5. The van der Waals surface area contributed by atoms with Crippen molar-refractivity contribution in [1.29, 1.82) is 0 Å². The zero-order valence-electron chi connectivity index (χ0n) is 16.0. The third kappa shape index (κ3) is 3.41. The van der Waals surface area contributed by atoms with E-state index in [0.29, 0.717) is 6.42 Å². The number of benzene rings is 2. The summed E-state index contributed by atoms with van der Waals surface area (Å²) >= 11 is 0. The Morgan fingerprint density at radius 2 is 1.64 bits per heavy atom. The number of aryl methyl sites for hydroxylation is 2. The first-order valence-corrected chi connectivity index (χ1v) is 9.35. The van der Waals surface area contributed by atoms with Crippen molar-refractivity contribution >= 4 is 11.6 Å². The Kier molecular flexibility index (Phi) is 4.70. The van der Waals surface area contributed by atoms with E-state index in [1.54, 1.807) is 0 Å². The van der Waals surface area contributed by atoms with Crippen molar-refractivity contribution in [2.75, 3.05) is 0 Å². The van der Waals surface area contributed by atoms with Gasteiger partial charge in [-0.05, 0) is 37.5 Å². The number of carbonyl (C=O) groups is 1. The molecular formula is C24H22N2O2. The van der Waals surface area contributed by atoms with Gasteiger partial charge in [-0.3, -0.25) is 4.79 Å². The largest absolute Gasteiger partial charge is 0.481 e. The van der Waals surface area contributed by atoms with Crippen molar-refractivity contribution in [3.05, 3.63) is 95.3 Å². The predicted octanol–water partition coefficient (Wildman–Crippen LogP) is 5.03. The smallest absolute Gasteiger partial charge is 0.312 e. The summed E-state index contributed by atoms with van der Waals surface area (Å²) in [4.78, 5) is 17.1. The van der Waals surface area contributed by atoms with Crippen LogP contribution < -0.4 is 0 Å². The van der Waals surface area contributed by atoms with Crippen molar-refractivity contribution in [1.82, 2.24) is 9.38 Å². The highest BCUT2D eigenvalue weighted by Crippen LogP contribution is 2.33.